The first kappa shape index (κ1) is 13.3. The molecule has 0 bridgehead atoms. The average molecular weight is 276 g/mol. The van der Waals surface area contributed by atoms with Crippen LogP contribution in [0.25, 0.3) is 0 Å². The highest BCUT2D eigenvalue weighted by Gasteiger charge is 2.12. The first-order valence-electron chi connectivity index (χ1n) is 5.54. The van der Waals surface area contributed by atoms with E-state index in [1.54, 1.807) is 36.7 Å². The molecule has 0 aliphatic carbocycles. The van der Waals surface area contributed by atoms with Gasteiger partial charge in [-0.25, -0.2) is 18.1 Å². The highest BCUT2D eigenvalue weighted by molar-refractivity contribution is 7.88. The number of sulfonamides is 1. The summed E-state index contributed by atoms with van der Waals surface area (Å²) in [4.78, 5) is 6.74. The van der Waals surface area contributed by atoms with E-state index in [4.69, 9.17) is 5.26 Å². The first-order valence-corrected chi connectivity index (χ1v) is 7.19. The second-order valence-corrected chi connectivity index (χ2v) is 5.74. The van der Waals surface area contributed by atoms with E-state index in [2.05, 4.69) is 14.7 Å². The fourth-order valence-corrected chi connectivity index (χ4v) is 2.65. The lowest BCUT2D eigenvalue weighted by molar-refractivity contribution is 0.578. The minimum Gasteiger partial charge on any atom is -0.347 e. The number of aromatic nitrogens is 2. The minimum absolute atomic E-state index is 0.118. The predicted molar refractivity (Wildman–Crippen MR) is 69.2 cm³/mol. The largest absolute Gasteiger partial charge is 0.347 e. The maximum absolute atomic E-state index is 11.9. The Kier molecular flexibility index (Phi) is 3.94. The molecule has 1 aromatic carbocycles. The topological polar surface area (TPSA) is 98.6 Å². The van der Waals surface area contributed by atoms with Crippen LogP contribution in [0.4, 0.5) is 0 Å². The van der Waals surface area contributed by atoms with Gasteiger partial charge < -0.3 is 4.98 Å². The van der Waals surface area contributed by atoms with E-state index >= 15 is 0 Å². The summed E-state index contributed by atoms with van der Waals surface area (Å²) in [6, 6.07) is 8.51. The van der Waals surface area contributed by atoms with Crippen LogP contribution in [0.15, 0.2) is 36.7 Å². The Balaban J connectivity index is 2.02. The van der Waals surface area contributed by atoms with Crippen LogP contribution in [0.3, 0.4) is 0 Å². The molecule has 0 radical (unpaired) electrons. The number of benzene rings is 1. The summed E-state index contributed by atoms with van der Waals surface area (Å²) >= 11 is 0. The maximum Gasteiger partial charge on any atom is 0.216 e. The molecule has 98 valence electrons. The summed E-state index contributed by atoms with van der Waals surface area (Å²) in [5, 5.41) is 8.76. The smallest absolute Gasteiger partial charge is 0.216 e. The fraction of sp³-hybridized carbons (Fsp3) is 0.167. The number of nitriles is 1. The highest BCUT2D eigenvalue weighted by atomic mass is 32.2. The Bertz CT molecular complexity index is 687. The van der Waals surface area contributed by atoms with Gasteiger partial charge in [0, 0.05) is 12.4 Å². The molecule has 0 aliphatic heterocycles. The van der Waals surface area contributed by atoms with Gasteiger partial charge in [-0.15, -0.1) is 0 Å². The number of H-pyrrole nitrogens is 1. The standard InChI is InChI=1S/C12H12N4O2S/c13-7-10-2-1-3-11(6-10)9-19(17,18)16-8-12-14-4-5-15-12/h1-6,16H,8-9H2,(H,14,15). The van der Waals surface area contributed by atoms with Crippen LogP contribution >= 0.6 is 0 Å². The van der Waals surface area contributed by atoms with Crippen molar-refractivity contribution in [1.82, 2.24) is 14.7 Å². The van der Waals surface area contributed by atoms with Crippen molar-refractivity contribution in [1.29, 1.82) is 5.26 Å². The first-order chi connectivity index (χ1) is 9.09. The number of aromatic amines is 1. The Morgan fingerprint density at radius 2 is 2.26 bits per heavy atom. The van der Waals surface area contributed by atoms with Crippen molar-refractivity contribution in [3.63, 3.8) is 0 Å². The van der Waals surface area contributed by atoms with Crippen LogP contribution in [0.5, 0.6) is 0 Å². The molecule has 2 aromatic rings. The lowest BCUT2D eigenvalue weighted by atomic mass is 10.2. The van der Waals surface area contributed by atoms with Gasteiger partial charge in [-0.2, -0.15) is 5.26 Å². The second-order valence-electron chi connectivity index (χ2n) is 3.93. The molecule has 0 saturated carbocycles. The van der Waals surface area contributed by atoms with E-state index in [1.165, 1.54) is 0 Å². The number of hydrogen-bond donors (Lipinski definition) is 2. The Labute approximate surface area is 111 Å². The Hall–Kier alpha value is -2.17. The maximum atomic E-state index is 11.9. The van der Waals surface area contributed by atoms with Crippen molar-refractivity contribution < 1.29 is 8.42 Å². The third kappa shape index (κ3) is 3.91. The summed E-state index contributed by atoms with van der Waals surface area (Å²) < 4.78 is 26.2. The van der Waals surface area contributed by atoms with Gasteiger partial charge in [0.25, 0.3) is 0 Å². The summed E-state index contributed by atoms with van der Waals surface area (Å²) in [6.45, 7) is 0.118. The highest BCUT2D eigenvalue weighted by Crippen LogP contribution is 2.08. The van der Waals surface area contributed by atoms with Crippen molar-refractivity contribution >= 4 is 10.0 Å². The zero-order valence-electron chi connectivity index (χ0n) is 10.00. The van der Waals surface area contributed by atoms with Crippen LogP contribution in [-0.2, 0) is 22.3 Å². The van der Waals surface area contributed by atoms with Crippen LogP contribution in [-0.4, -0.2) is 18.4 Å². The normalized spacial score (nSPS) is 11.1. The van der Waals surface area contributed by atoms with Gasteiger partial charge in [0.2, 0.25) is 10.0 Å². The van der Waals surface area contributed by atoms with E-state index in [0.717, 1.165) is 0 Å². The third-order valence-electron chi connectivity index (χ3n) is 2.43. The number of rotatable bonds is 5. The summed E-state index contributed by atoms with van der Waals surface area (Å²) in [5.41, 5.74) is 1.02. The molecule has 0 spiro atoms. The molecule has 7 heteroatoms. The molecule has 0 fully saturated rings. The quantitative estimate of drug-likeness (QED) is 0.847. The number of hydrogen-bond acceptors (Lipinski definition) is 4. The summed E-state index contributed by atoms with van der Waals surface area (Å²) in [5.74, 6) is 0.387. The Morgan fingerprint density at radius 1 is 1.42 bits per heavy atom. The molecule has 19 heavy (non-hydrogen) atoms. The van der Waals surface area contributed by atoms with E-state index < -0.39 is 10.0 Å². The lowest BCUT2D eigenvalue weighted by Gasteiger charge is -2.05. The Morgan fingerprint density at radius 3 is 2.95 bits per heavy atom. The van der Waals surface area contributed by atoms with E-state index in [0.29, 0.717) is 17.0 Å². The van der Waals surface area contributed by atoms with Crippen LogP contribution in [0.2, 0.25) is 0 Å². The molecule has 6 nitrogen and oxygen atoms in total. The fourth-order valence-electron chi connectivity index (χ4n) is 1.57. The zero-order chi connectivity index (χ0) is 13.7. The van der Waals surface area contributed by atoms with Gasteiger partial charge in [-0.05, 0) is 17.7 Å². The summed E-state index contributed by atoms with van der Waals surface area (Å²) in [6.07, 6.45) is 3.18. The molecular formula is C12H12N4O2S. The van der Waals surface area contributed by atoms with E-state index in [1.807, 2.05) is 6.07 Å². The molecule has 1 aromatic heterocycles. The SMILES string of the molecule is N#Cc1cccc(CS(=O)(=O)NCc2ncc[nH]2)c1. The van der Waals surface area contributed by atoms with Gasteiger partial charge in [0.15, 0.2) is 0 Å². The zero-order valence-corrected chi connectivity index (χ0v) is 10.8. The molecular weight excluding hydrogens is 264 g/mol. The van der Waals surface area contributed by atoms with Gasteiger partial charge in [0.05, 0.1) is 23.9 Å². The average Bonchev–Trinajstić information content (AvgIpc) is 2.89. The molecule has 0 unspecified atom stereocenters. The van der Waals surface area contributed by atoms with Gasteiger partial charge in [-0.3, -0.25) is 0 Å². The molecule has 0 amide bonds. The van der Waals surface area contributed by atoms with E-state index in [-0.39, 0.29) is 12.3 Å². The molecule has 0 atom stereocenters. The van der Waals surface area contributed by atoms with E-state index in [9.17, 15) is 8.42 Å². The number of nitrogens with one attached hydrogen (secondary N) is 2. The number of imidazole rings is 1. The lowest BCUT2D eigenvalue weighted by Crippen LogP contribution is -2.25. The van der Waals surface area contributed by atoms with Crippen LogP contribution in [0.1, 0.15) is 17.0 Å². The predicted octanol–water partition coefficient (Wildman–Crippen LogP) is 0.901. The second kappa shape index (κ2) is 5.65. The van der Waals surface area contributed by atoms with Crippen molar-refractivity contribution in [2.24, 2.45) is 0 Å². The molecule has 0 aliphatic rings. The summed E-state index contributed by atoms with van der Waals surface area (Å²) in [7, 11) is -3.46. The third-order valence-corrected chi connectivity index (χ3v) is 3.72. The number of nitrogens with zero attached hydrogens (tertiary/aromatic N) is 2. The van der Waals surface area contributed by atoms with Crippen molar-refractivity contribution in [2.75, 3.05) is 0 Å². The molecule has 2 N–H and O–H groups in total. The van der Waals surface area contributed by atoms with Crippen LogP contribution < -0.4 is 4.72 Å². The molecule has 1 heterocycles. The van der Waals surface area contributed by atoms with Gasteiger partial charge in [-0.1, -0.05) is 12.1 Å². The van der Waals surface area contributed by atoms with Gasteiger partial charge in [0.1, 0.15) is 5.82 Å². The molecule has 0 saturated heterocycles. The van der Waals surface area contributed by atoms with Crippen molar-refractivity contribution in [3.8, 4) is 6.07 Å². The minimum atomic E-state index is -3.46. The molecule has 2 rings (SSSR count). The van der Waals surface area contributed by atoms with Crippen molar-refractivity contribution in [2.45, 2.75) is 12.3 Å². The monoisotopic (exact) mass is 276 g/mol. The van der Waals surface area contributed by atoms with Crippen LogP contribution in [0, 0.1) is 11.3 Å². The van der Waals surface area contributed by atoms with Crippen molar-refractivity contribution in [3.05, 3.63) is 53.6 Å². The van der Waals surface area contributed by atoms with Gasteiger partial charge >= 0.3 is 0 Å².